The van der Waals surface area contributed by atoms with E-state index in [-0.39, 0.29) is 12.0 Å². The van der Waals surface area contributed by atoms with Gasteiger partial charge in [-0.25, -0.2) is 18.7 Å². The molecule has 2 aromatic carbocycles. The van der Waals surface area contributed by atoms with Crippen LogP contribution in [0.3, 0.4) is 0 Å². The number of nitrogens with zero attached hydrogens (tertiary/aromatic N) is 2. The average Bonchev–Trinajstić information content (AvgIpc) is 3.35. The Morgan fingerprint density at radius 3 is 2.49 bits per heavy atom. The maximum atomic E-state index is 14.1. The molecule has 3 rings (SSSR count). The highest BCUT2D eigenvalue weighted by molar-refractivity contribution is 7.99. The van der Waals surface area contributed by atoms with Crippen LogP contribution in [0, 0.1) is 0 Å². The quantitative estimate of drug-likeness (QED) is 0.185. The zero-order valence-corrected chi connectivity index (χ0v) is 24.2. The summed E-state index contributed by atoms with van der Waals surface area (Å²) in [5.41, 5.74) is 1.48. The highest BCUT2D eigenvalue weighted by atomic mass is 32.2. The van der Waals surface area contributed by atoms with Gasteiger partial charge in [0.25, 0.3) is 0 Å². The summed E-state index contributed by atoms with van der Waals surface area (Å²) in [7, 11) is -2.54. The van der Waals surface area contributed by atoms with Crippen LogP contribution in [-0.2, 0) is 19.2 Å². The molecule has 0 amide bonds. The molecule has 6 nitrogen and oxygen atoms in total. The highest BCUT2D eigenvalue weighted by Crippen LogP contribution is 2.23. The molecule has 1 N–H and O–H groups in total. The number of aliphatic imine (C=N–C) groups is 1. The van der Waals surface area contributed by atoms with Crippen molar-refractivity contribution in [3.8, 4) is 0 Å². The van der Waals surface area contributed by atoms with Gasteiger partial charge in [-0.05, 0) is 74.4 Å². The maximum Gasteiger partial charge on any atom is 0.339 e. The van der Waals surface area contributed by atoms with Crippen LogP contribution in [0.2, 0.25) is 0 Å². The van der Waals surface area contributed by atoms with Crippen molar-refractivity contribution in [3.05, 3.63) is 65.5 Å². The number of nitrogens with one attached hydrogen (secondary N) is 1. The van der Waals surface area contributed by atoms with Gasteiger partial charge in [0, 0.05) is 30.2 Å². The molecule has 7 heteroatoms. The van der Waals surface area contributed by atoms with Crippen molar-refractivity contribution in [1.29, 1.82) is 0 Å². The number of fused-ring (bicyclic) bond motifs is 1. The molecule has 0 aliphatic carbocycles. The van der Waals surface area contributed by atoms with Gasteiger partial charge < -0.3 is 9.64 Å². The number of ether oxygens (including phenoxy) is 1. The molecule has 2 aromatic rings. The van der Waals surface area contributed by atoms with E-state index in [1.54, 1.807) is 26.1 Å². The fraction of sp³-hybridized carbons (Fsp3) is 0.433. The van der Waals surface area contributed by atoms with E-state index in [1.165, 1.54) is 0 Å². The summed E-state index contributed by atoms with van der Waals surface area (Å²) in [6, 6.07) is 14.2. The molecule has 202 valence electrons. The van der Waals surface area contributed by atoms with E-state index in [2.05, 4.69) is 26.7 Å². The Hall–Kier alpha value is -2.90. The van der Waals surface area contributed by atoms with Crippen molar-refractivity contribution in [1.82, 2.24) is 9.62 Å². The lowest BCUT2D eigenvalue weighted by Gasteiger charge is -2.22. The molecule has 0 aromatic heterocycles. The topological polar surface area (TPSA) is 71.0 Å². The molecule has 0 spiro atoms. The number of likely N-dealkylation sites (tertiary alicyclic amines) is 1. The van der Waals surface area contributed by atoms with E-state index in [4.69, 9.17) is 4.74 Å². The Bertz CT molecular complexity index is 1270. The Balaban J connectivity index is 0.00000235. The number of carbonyl (C=O) groups excluding carboxylic acids is 1. The number of rotatable bonds is 9. The number of allylic oxidation sites excluding steroid dienone is 2. The normalized spacial score (nSPS) is 17.2. The van der Waals surface area contributed by atoms with Crippen LogP contribution in [0.1, 0.15) is 61.3 Å². The van der Waals surface area contributed by atoms with E-state index in [1.807, 2.05) is 70.3 Å². The van der Waals surface area contributed by atoms with E-state index in [0.29, 0.717) is 25.1 Å². The predicted octanol–water partition coefficient (Wildman–Crippen LogP) is 6.13. The molecular weight excluding hydrogens is 482 g/mol. The van der Waals surface area contributed by atoms with E-state index in [9.17, 15) is 9.00 Å². The van der Waals surface area contributed by atoms with Gasteiger partial charge in [0.05, 0.1) is 21.9 Å². The summed E-state index contributed by atoms with van der Waals surface area (Å²) in [4.78, 5) is 19.7. The molecule has 0 radical (unpaired) electrons. The largest absolute Gasteiger partial charge is 0.462 e. The van der Waals surface area contributed by atoms with Gasteiger partial charge in [-0.1, -0.05) is 57.2 Å². The van der Waals surface area contributed by atoms with Gasteiger partial charge >= 0.3 is 5.97 Å². The summed E-state index contributed by atoms with van der Waals surface area (Å²) in [6.07, 6.45) is 4.84. The highest BCUT2D eigenvalue weighted by Gasteiger charge is 2.27. The van der Waals surface area contributed by atoms with Crippen LogP contribution in [0.25, 0.3) is 10.8 Å². The van der Waals surface area contributed by atoms with Crippen LogP contribution in [0.5, 0.6) is 0 Å². The third kappa shape index (κ3) is 8.04. The van der Waals surface area contributed by atoms with Crippen LogP contribution < -0.4 is 4.72 Å². The van der Waals surface area contributed by atoms with Gasteiger partial charge in [0.15, 0.2) is 0 Å². The van der Waals surface area contributed by atoms with E-state index < -0.39 is 9.71 Å². The third-order valence-electron chi connectivity index (χ3n) is 5.90. The summed E-state index contributed by atoms with van der Waals surface area (Å²) in [5, 5.41) is 4.12. The molecule has 37 heavy (non-hydrogen) atoms. The molecular formula is C30H43N3O3S. The first-order valence-electron chi connectivity index (χ1n) is 13.2. The number of esters is 1. The summed E-state index contributed by atoms with van der Waals surface area (Å²) in [6.45, 7) is 15.4. The summed E-state index contributed by atoms with van der Waals surface area (Å²) >= 11 is 0. The second-order valence-corrected chi connectivity index (χ2v) is 11.0. The van der Waals surface area contributed by atoms with Crippen LogP contribution in [0.4, 0.5) is 0 Å². The van der Waals surface area contributed by atoms with Crippen molar-refractivity contribution in [3.63, 3.8) is 0 Å². The zero-order chi connectivity index (χ0) is 27.4. The van der Waals surface area contributed by atoms with Crippen LogP contribution in [-0.4, -0.2) is 52.4 Å². The molecule has 0 bridgehead atoms. The number of hydrogen-bond acceptors (Lipinski definition) is 5. The van der Waals surface area contributed by atoms with Gasteiger partial charge in [-0.15, -0.1) is 0 Å². The lowest BCUT2D eigenvalue weighted by Crippen LogP contribution is -2.37. The first-order chi connectivity index (χ1) is 17.8. The number of carbonyl (C=O) groups is 1. The van der Waals surface area contributed by atoms with Crippen molar-refractivity contribution >= 4 is 38.0 Å². The minimum atomic E-state index is -2.54. The Morgan fingerprint density at radius 2 is 1.86 bits per heavy atom. The lowest BCUT2D eigenvalue weighted by atomic mass is 10.1. The average molecular weight is 526 g/mol. The Kier molecular flexibility index (Phi) is 12.1. The SMILES string of the molecule is C/C=C(\C=N/C(=C(C)C)N1CCC(NS(=O)(=CCC)c2ccc3ccccc3c2)C1)C(=O)OCC.CC. The molecule has 1 aliphatic heterocycles. The van der Waals surface area contributed by atoms with E-state index >= 15 is 0 Å². The van der Waals surface area contributed by atoms with Crippen molar-refractivity contribution in [2.24, 2.45) is 4.99 Å². The molecule has 1 saturated heterocycles. The number of benzene rings is 2. The Labute approximate surface area is 223 Å². The third-order valence-corrected chi connectivity index (χ3v) is 8.34. The van der Waals surface area contributed by atoms with Gasteiger partial charge in [-0.3, -0.25) is 0 Å². The fourth-order valence-corrected chi connectivity index (χ4v) is 6.37. The van der Waals surface area contributed by atoms with Crippen molar-refractivity contribution < 1.29 is 13.7 Å². The van der Waals surface area contributed by atoms with Crippen molar-refractivity contribution in [2.45, 2.75) is 72.2 Å². The first kappa shape index (κ1) is 30.3. The second kappa shape index (κ2) is 14.7. The van der Waals surface area contributed by atoms with Gasteiger partial charge in [-0.2, -0.15) is 0 Å². The first-order valence-corrected chi connectivity index (χ1v) is 14.9. The maximum absolute atomic E-state index is 14.1. The van der Waals surface area contributed by atoms with Gasteiger partial charge in [0.1, 0.15) is 5.82 Å². The molecule has 2 atom stereocenters. The second-order valence-electron chi connectivity index (χ2n) is 8.78. The monoisotopic (exact) mass is 525 g/mol. The van der Waals surface area contributed by atoms with Crippen molar-refractivity contribution in [2.75, 3.05) is 19.7 Å². The molecule has 1 heterocycles. The molecule has 1 fully saturated rings. The van der Waals surface area contributed by atoms with E-state index in [0.717, 1.165) is 40.0 Å². The summed E-state index contributed by atoms with van der Waals surface area (Å²) in [5.74, 6) is 0.452. The van der Waals surface area contributed by atoms with Crippen LogP contribution >= 0.6 is 0 Å². The van der Waals surface area contributed by atoms with Crippen LogP contribution in [0.15, 0.2) is 75.4 Å². The molecule has 0 saturated carbocycles. The summed E-state index contributed by atoms with van der Waals surface area (Å²) < 4.78 is 22.7. The number of hydrogen-bond donors (Lipinski definition) is 1. The Morgan fingerprint density at radius 1 is 1.16 bits per heavy atom. The van der Waals surface area contributed by atoms with Gasteiger partial charge in [0.2, 0.25) is 0 Å². The minimum absolute atomic E-state index is 0.0487. The lowest BCUT2D eigenvalue weighted by molar-refractivity contribution is -0.137. The fourth-order valence-electron chi connectivity index (χ4n) is 4.22. The zero-order valence-electron chi connectivity index (χ0n) is 23.4. The smallest absolute Gasteiger partial charge is 0.339 e. The predicted molar refractivity (Wildman–Crippen MR) is 158 cm³/mol. The molecule has 2 unspecified atom stereocenters. The standard InChI is InChI=1S/C28H37N3O3S.C2H6/c1-6-17-35(33,26-14-13-23-11-9-10-12-24(23)18-26)30-25-15-16-31(20-25)27(21(4)5)29-19-22(7-2)28(32)34-8-3;1-2/h7,9-14,17-19,25H,6,8,15-16,20H2,1-5H3,(H,30,33);1-2H3/b22-7+,29-19-;. The minimum Gasteiger partial charge on any atom is -0.462 e. The molecule has 1 aliphatic rings.